The van der Waals surface area contributed by atoms with E-state index >= 15 is 0 Å². The van der Waals surface area contributed by atoms with E-state index in [0.717, 1.165) is 0 Å². The molecule has 0 amide bonds. The van der Waals surface area contributed by atoms with Crippen LogP contribution in [0.25, 0.3) is 12.2 Å². The molecule has 8 aromatic carbocycles. The van der Waals surface area contributed by atoms with Crippen molar-refractivity contribution in [3.05, 3.63) is 253 Å². The average molecular weight is 844 g/mol. The second-order valence-corrected chi connectivity index (χ2v) is 29.5. The van der Waals surface area contributed by atoms with Crippen molar-refractivity contribution in [1.29, 1.82) is 0 Å². The first kappa shape index (κ1) is 36.3. The summed E-state index contributed by atoms with van der Waals surface area (Å²) in [6, 6.07) is 82.6. The van der Waals surface area contributed by atoms with Gasteiger partial charge in [0.15, 0.2) is 0 Å². The summed E-state index contributed by atoms with van der Waals surface area (Å²) in [5.41, 5.74) is 5.71. The second-order valence-electron chi connectivity index (χ2n) is 14.9. The van der Waals surface area contributed by atoms with Crippen molar-refractivity contribution in [2.45, 2.75) is 7.25 Å². The van der Waals surface area contributed by atoms with Crippen LogP contribution in [0.2, 0.25) is 0 Å². The molecule has 0 radical (unpaired) electrons. The van der Waals surface area contributed by atoms with E-state index < -0.39 is 36.1 Å². The third-order valence-corrected chi connectivity index (χ3v) is 30.3. The molecule has 0 N–H and O–H groups in total. The Kier molecular flexibility index (Phi) is 10.3. The van der Waals surface area contributed by atoms with Gasteiger partial charge in [-0.15, -0.1) is 0 Å². The van der Waals surface area contributed by atoms with Gasteiger partial charge in [0.2, 0.25) is 0 Å². The van der Waals surface area contributed by atoms with Crippen LogP contribution in [-0.2, 0) is 20.3 Å². The first-order valence-corrected chi connectivity index (χ1v) is 27.8. The molecule has 10 rings (SSSR count). The molecule has 8 aromatic rings. The summed E-state index contributed by atoms with van der Waals surface area (Å²) in [5, 5.41) is 8.34. The molecule has 0 spiro atoms. The summed E-state index contributed by atoms with van der Waals surface area (Å²) in [6.45, 7) is 0. The molecule has 0 bridgehead atoms. The van der Waals surface area contributed by atoms with Gasteiger partial charge in [0.1, 0.15) is 0 Å². The zero-order valence-electron chi connectivity index (χ0n) is 31.6. The summed E-state index contributed by atoms with van der Waals surface area (Å²) in [7, 11) is -1.39. The topological polar surface area (TPSA) is 0 Å². The second kappa shape index (κ2) is 16.1. The number of benzene rings is 8. The number of allylic oxidation sites excluding steroid dienone is 2. The van der Waals surface area contributed by atoms with Gasteiger partial charge in [-0.3, -0.25) is 0 Å². The molecule has 3 heteroatoms. The van der Waals surface area contributed by atoms with Gasteiger partial charge in [-0.2, -0.15) is 0 Å². The van der Waals surface area contributed by atoms with Crippen LogP contribution in [0.1, 0.15) is 29.5 Å². The SMILES string of the molecule is C1=C[CH]([Zr]([c]2ccccc2)([c]2ccccc2)[CH]2C=Cc3cc(P(c4ccccc4)c4ccccc4)ccc32)c2ccc(P(c3ccccc3)c3ccccc3)cc21. The van der Waals surface area contributed by atoms with E-state index in [0.29, 0.717) is 7.25 Å². The number of hydrogen-bond donors (Lipinski definition) is 0. The number of hydrogen-bond acceptors (Lipinski definition) is 0. The van der Waals surface area contributed by atoms with E-state index in [1.165, 1.54) is 54.1 Å². The van der Waals surface area contributed by atoms with Gasteiger partial charge in [0, 0.05) is 0 Å². The van der Waals surface area contributed by atoms with Crippen LogP contribution in [0, 0.1) is 0 Å². The van der Waals surface area contributed by atoms with Crippen LogP contribution < -0.4 is 38.4 Å². The average Bonchev–Trinajstić information content (AvgIpc) is 3.91. The van der Waals surface area contributed by atoms with Crippen molar-refractivity contribution in [2.24, 2.45) is 0 Å². The normalized spacial score (nSPS) is 15.5. The van der Waals surface area contributed by atoms with E-state index in [1.54, 1.807) is 6.54 Å². The molecule has 0 nitrogen and oxygen atoms in total. The third kappa shape index (κ3) is 6.71. The standard InChI is InChI=1S/2C21H16P.2C6H5.Zr/c2*1-3-10-19(11-4-1)22(20-12-5-2-6-13-20)21-15-14-17-8-7-9-18(17)16-21;2*1-2-4-6-5-3-1;/h2*1-16H;2*1-5H;. The van der Waals surface area contributed by atoms with Crippen LogP contribution in [-0.4, -0.2) is 0 Å². The molecule has 2 unspecified atom stereocenters. The molecule has 0 saturated heterocycles. The molecule has 272 valence electrons. The summed E-state index contributed by atoms with van der Waals surface area (Å²) in [4.78, 5) is 0. The first-order chi connectivity index (χ1) is 28.3. The zero-order chi connectivity index (χ0) is 38.0. The third-order valence-electron chi connectivity index (χ3n) is 11.8. The Morgan fingerprint density at radius 2 is 0.596 bits per heavy atom. The van der Waals surface area contributed by atoms with Crippen LogP contribution >= 0.6 is 15.8 Å². The van der Waals surface area contributed by atoms with E-state index in [-0.39, 0.29) is 0 Å². The van der Waals surface area contributed by atoms with E-state index in [1.807, 2.05) is 0 Å². The van der Waals surface area contributed by atoms with E-state index in [4.69, 9.17) is 0 Å². The van der Waals surface area contributed by atoms with Crippen molar-refractivity contribution in [3.63, 3.8) is 0 Å². The Morgan fingerprint density at radius 1 is 0.298 bits per heavy atom. The minimum atomic E-state index is -3.87. The summed E-state index contributed by atoms with van der Waals surface area (Å²) in [6.07, 6.45) is 10.1. The molecule has 2 atom stereocenters. The monoisotopic (exact) mass is 842 g/mol. The van der Waals surface area contributed by atoms with Gasteiger partial charge >= 0.3 is 347 Å². The minimum absolute atomic E-state index is 0.318. The molecular formula is C54H42P2Zr. The van der Waals surface area contributed by atoms with Crippen molar-refractivity contribution < 1.29 is 20.3 Å². The Balaban J connectivity index is 1.12. The van der Waals surface area contributed by atoms with Crippen molar-refractivity contribution >= 4 is 66.4 Å². The molecule has 0 aromatic heterocycles. The number of rotatable bonds is 10. The quantitative estimate of drug-likeness (QED) is 0.120. The molecule has 2 aliphatic rings. The fourth-order valence-electron chi connectivity index (χ4n) is 9.37. The van der Waals surface area contributed by atoms with Crippen LogP contribution in [0.5, 0.6) is 0 Å². The van der Waals surface area contributed by atoms with Gasteiger partial charge in [0.25, 0.3) is 0 Å². The van der Waals surface area contributed by atoms with Gasteiger partial charge in [-0.1, -0.05) is 0 Å². The maximum absolute atomic E-state index is 3.87. The van der Waals surface area contributed by atoms with Gasteiger partial charge in [-0.25, -0.2) is 0 Å². The van der Waals surface area contributed by atoms with Crippen LogP contribution in [0.15, 0.2) is 231 Å². The van der Waals surface area contributed by atoms with E-state index in [9.17, 15) is 0 Å². The Labute approximate surface area is 344 Å². The molecule has 0 saturated carbocycles. The predicted octanol–water partition coefficient (Wildman–Crippen LogP) is 9.84. The van der Waals surface area contributed by atoms with Gasteiger partial charge < -0.3 is 0 Å². The Bertz CT molecular complexity index is 2410. The predicted molar refractivity (Wildman–Crippen MR) is 246 cm³/mol. The number of fused-ring (bicyclic) bond motifs is 2. The van der Waals surface area contributed by atoms with E-state index in [2.05, 4.69) is 243 Å². The van der Waals surface area contributed by atoms with Crippen molar-refractivity contribution in [2.75, 3.05) is 0 Å². The molecular weight excluding hydrogens is 802 g/mol. The van der Waals surface area contributed by atoms with Gasteiger partial charge in [0.05, 0.1) is 0 Å². The zero-order valence-corrected chi connectivity index (χ0v) is 35.9. The van der Waals surface area contributed by atoms with Crippen LogP contribution in [0.4, 0.5) is 0 Å². The molecule has 2 aliphatic carbocycles. The Morgan fingerprint density at radius 3 is 0.912 bits per heavy atom. The Hall–Kier alpha value is -5.02. The molecule has 0 fully saturated rings. The summed E-state index contributed by atoms with van der Waals surface area (Å²) < 4.78 is 3.73. The maximum atomic E-state index is 2.60. The summed E-state index contributed by atoms with van der Waals surface area (Å²) >= 11 is -3.87. The van der Waals surface area contributed by atoms with Crippen molar-refractivity contribution in [3.8, 4) is 0 Å². The fourth-order valence-corrected chi connectivity index (χ4v) is 28.6. The van der Waals surface area contributed by atoms with Crippen LogP contribution in [0.3, 0.4) is 0 Å². The molecule has 0 heterocycles. The van der Waals surface area contributed by atoms with Gasteiger partial charge in [-0.05, 0) is 0 Å². The van der Waals surface area contributed by atoms with Crippen molar-refractivity contribution in [1.82, 2.24) is 0 Å². The fraction of sp³-hybridized carbons (Fsp3) is 0.0370. The molecule has 0 aliphatic heterocycles. The molecule has 57 heavy (non-hydrogen) atoms. The first-order valence-electron chi connectivity index (χ1n) is 19.8. The summed E-state index contributed by atoms with van der Waals surface area (Å²) in [5.74, 6) is 0.